The van der Waals surface area contributed by atoms with Gasteiger partial charge >= 0.3 is 18.4 Å². The van der Waals surface area contributed by atoms with Crippen LogP contribution < -0.4 is 15.1 Å². The van der Waals surface area contributed by atoms with Gasteiger partial charge in [-0.15, -0.1) is 0 Å². The molecule has 0 saturated carbocycles. The number of anilines is 2. The van der Waals surface area contributed by atoms with Crippen LogP contribution in [-0.4, -0.2) is 81.3 Å². The van der Waals surface area contributed by atoms with Gasteiger partial charge in [-0.3, -0.25) is 0 Å². The van der Waals surface area contributed by atoms with E-state index in [1.54, 1.807) is 4.90 Å². The van der Waals surface area contributed by atoms with Crippen LogP contribution in [0.15, 0.2) is 30.3 Å². The van der Waals surface area contributed by atoms with E-state index in [-0.39, 0.29) is 50.0 Å². The molecule has 6 nitrogen and oxygen atoms in total. The molecular formula is C29H35F6N5O. The molecule has 41 heavy (non-hydrogen) atoms. The Kier molecular flexibility index (Phi) is 8.06. The summed E-state index contributed by atoms with van der Waals surface area (Å²) in [6.45, 7) is 6.65. The quantitative estimate of drug-likeness (QED) is 0.507. The van der Waals surface area contributed by atoms with E-state index in [0.717, 1.165) is 57.6 Å². The molecule has 2 aliphatic heterocycles. The van der Waals surface area contributed by atoms with Crippen molar-refractivity contribution in [3.05, 3.63) is 58.1 Å². The molecule has 2 heterocycles. The molecular weight excluding hydrogens is 548 g/mol. The Labute approximate surface area is 235 Å². The molecule has 2 saturated heterocycles. The van der Waals surface area contributed by atoms with Crippen LogP contribution in [0.1, 0.15) is 34.2 Å². The highest BCUT2D eigenvalue weighted by atomic mass is 19.4. The van der Waals surface area contributed by atoms with Gasteiger partial charge in [-0.1, -0.05) is 6.07 Å². The van der Waals surface area contributed by atoms with E-state index in [4.69, 9.17) is 0 Å². The van der Waals surface area contributed by atoms with Gasteiger partial charge in [-0.2, -0.15) is 26.3 Å². The van der Waals surface area contributed by atoms with Gasteiger partial charge in [0.05, 0.1) is 11.1 Å². The lowest BCUT2D eigenvalue weighted by molar-refractivity contribution is -0.143. The number of benzene rings is 2. The van der Waals surface area contributed by atoms with Crippen molar-refractivity contribution in [2.75, 3.05) is 69.2 Å². The molecule has 0 spiro atoms. The Hall–Kier alpha value is -3.15. The van der Waals surface area contributed by atoms with Gasteiger partial charge in [0.15, 0.2) is 0 Å². The molecule has 1 aliphatic carbocycles. The van der Waals surface area contributed by atoms with Gasteiger partial charge in [0.1, 0.15) is 0 Å². The third kappa shape index (κ3) is 6.52. The Bertz CT molecular complexity index is 1230. The zero-order valence-electron chi connectivity index (χ0n) is 23.2. The number of alkyl halides is 6. The molecule has 0 aromatic heterocycles. The van der Waals surface area contributed by atoms with Crippen LogP contribution in [0.5, 0.6) is 0 Å². The highest BCUT2D eigenvalue weighted by Gasteiger charge is 2.38. The number of halogens is 6. The average Bonchev–Trinajstić information content (AvgIpc) is 2.93. The molecule has 3 aliphatic rings. The Morgan fingerprint density at radius 3 is 1.98 bits per heavy atom. The van der Waals surface area contributed by atoms with E-state index in [0.29, 0.717) is 0 Å². The molecule has 2 fully saturated rings. The lowest BCUT2D eigenvalue weighted by Crippen LogP contribution is -2.54. The first-order valence-corrected chi connectivity index (χ1v) is 13.9. The predicted octanol–water partition coefficient (Wildman–Crippen LogP) is 5.17. The van der Waals surface area contributed by atoms with E-state index in [1.807, 2.05) is 0 Å². The molecule has 0 radical (unpaired) electrons. The fourth-order valence-electron chi connectivity index (χ4n) is 6.06. The second kappa shape index (κ2) is 11.3. The zero-order chi connectivity index (χ0) is 29.5. The third-order valence-electron chi connectivity index (χ3n) is 8.51. The van der Waals surface area contributed by atoms with Gasteiger partial charge in [-0.05, 0) is 74.2 Å². The number of nitrogens with zero attached hydrogens (tertiary/aromatic N) is 4. The van der Waals surface area contributed by atoms with Crippen molar-refractivity contribution in [1.29, 1.82) is 0 Å². The third-order valence-corrected chi connectivity index (χ3v) is 8.51. The number of urea groups is 1. The number of carbonyl (C=O) groups is 1. The van der Waals surface area contributed by atoms with Crippen molar-refractivity contribution >= 4 is 17.4 Å². The number of fused-ring (bicyclic) bond motifs is 1. The van der Waals surface area contributed by atoms with Gasteiger partial charge in [0.25, 0.3) is 0 Å². The largest absolute Gasteiger partial charge is 0.416 e. The van der Waals surface area contributed by atoms with Crippen molar-refractivity contribution in [2.45, 2.75) is 44.6 Å². The monoisotopic (exact) mass is 583 g/mol. The number of hydrogen-bond donors (Lipinski definition) is 1. The van der Waals surface area contributed by atoms with Crippen LogP contribution in [0.25, 0.3) is 0 Å². The number of piperazine rings is 2. The Balaban J connectivity index is 1.23. The highest BCUT2D eigenvalue weighted by Crippen LogP contribution is 2.39. The summed E-state index contributed by atoms with van der Waals surface area (Å²) in [5, 5.41) is 3.14. The predicted molar refractivity (Wildman–Crippen MR) is 145 cm³/mol. The van der Waals surface area contributed by atoms with Crippen LogP contribution in [0.3, 0.4) is 0 Å². The van der Waals surface area contributed by atoms with Crippen LogP contribution in [0.4, 0.5) is 42.5 Å². The van der Waals surface area contributed by atoms with E-state index in [2.05, 4.69) is 41.2 Å². The normalized spacial score (nSPS) is 20.7. The number of hydrogen-bond acceptors (Lipinski definition) is 4. The summed E-state index contributed by atoms with van der Waals surface area (Å²) in [4.78, 5) is 20.9. The minimum atomic E-state index is -4.90. The molecule has 12 heteroatoms. The van der Waals surface area contributed by atoms with Crippen LogP contribution in [-0.2, 0) is 25.2 Å². The summed E-state index contributed by atoms with van der Waals surface area (Å²) in [7, 11) is 2.12. The molecule has 5 rings (SSSR count). The molecule has 1 atom stereocenters. The van der Waals surface area contributed by atoms with E-state index >= 15 is 0 Å². The topological polar surface area (TPSA) is 42.1 Å². The Morgan fingerprint density at radius 2 is 1.39 bits per heavy atom. The lowest BCUT2D eigenvalue weighted by Gasteiger charge is -2.39. The van der Waals surface area contributed by atoms with E-state index in [9.17, 15) is 31.1 Å². The Morgan fingerprint density at radius 1 is 0.805 bits per heavy atom. The second-order valence-electron chi connectivity index (χ2n) is 11.3. The number of carbonyl (C=O) groups excluding carboxylic acids is 1. The molecule has 224 valence electrons. The van der Waals surface area contributed by atoms with Gasteiger partial charge < -0.3 is 24.9 Å². The lowest BCUT2D eigenvalue weighted by atomic mass is 9.84. The summed E-state index contributed by atoms with van der Waals surface area (Å²) >= 11 is 0. The summed E-state index contributed by atoms with van der Waals surface area (Å²) in [6.07, 6.45) is -7.43. The summed E-state index contributed by atoms with van der Waals surface area (Å²) in [5.41, 5.74) is 2.27. The van der Waals surface area contributed by atoms with E-state index in [1.165, 1.54) is 27.3 Å². The minimum absolute atomic E-state index is 0.0566. The first-order valence-electron chi connectivity index (χ1n) is 13.9. The fraction of sp³-hybridized carbons (Fsp3) is 0.552. The molecule has 2 amide bonds. The first kappa shape index (κ1) is 29.3. The first-order chi connectivity index (χ1) is 19.3. The number of rotatable bonds is 3. The van der Waals surface area contributed by atoms with Crippen molar-refractivity contribution in [1.82, 2.24) is 15.1 Å². The second-order valence-corrected chi connectivity index (χ2v) is 11.3. The summed E-state index contributed by atoms with van der Waals surface area (Å²) < 4.78 is 79.8. The molecule has 2 aromatic carbocycles. The summed E-state index contributed by atoms with van der Waals surface area (Å²) in [6, 6.07) is 5.65. The molecule has 0 bridgehead atoms. The van der Waals surface area contributed by atoms with Crippen molar-refractivity contribution in [3.63, 3.8) is 0 Å². The number of nitrogens with one attached hydrogen (secondary N) is 1. The van der Waals surface area contributed by atoms with E-state index < -0.39 is 23.5 Å². The summed E-state index contributed by atoms with van der Waals surface area (Å²) in [5.74, 6) is 0. The van der Waals surface area contributed by atoms with Crippen molar-refractivity contribution in [3.8, 4) is 0 Å². The zero-order valence-corrected chi connectivity index (χ0v) is 23.2. The van der Waals surface area contributed by atoms with Crippen LogP contribution in [0.2, 0.25) is 0 Å². The molecule has 1 N–H and O–H groups in total. The van der Waals surface area contributed by atoms with Gasteiger partial charge in [0.2, 0.25) is 0 Å². The van der Waals surface area contributed by atoms with Gasteiger partial charge in [0, 0.05) is 69.8 Å². The van der Waals surface area contributed by atoms with Crippen molar-refractivity contribution in [2.24, 2.45) is 0 Å². The number of aryl methyl sites for hydroxylation is 1. The highest BCUT2D eigenvalue weighted by molar-refractivity contribution is 5.75. The minimum Gasteiger partial charge on any atom is -0.369 e. The molecule has 0 unspecified atom stereocenters. The van der Waals surface area contributed by atoms with Crippen LogP contribution in [0, 0.1) is 6.92 Å². The van der Waals surface area contributed by atoms with Crippen molar-refractivity contribution < 1.29 is 31.1 Å². The van der Waals surface area contributed by atoms with Gasteiger partial charge in [-0.25, -0.2) is 4.79 Å². The standard InChI is InChI=1S/C29H35F6N5O/c1-19-3-6-26(39-9-7-37(2)8-10-39)25-18-22(4-5-24(19)25)36-27(41)40-13-11-38(12-14-40)23-16-20(28(30,31)32)15-21(17-23)29(33,34)35/h3,6,15-17,22H,4-5,7-14,18H2,1-2H3,(H,36,41)/t22-/m0/s1. The molecule has 2 aromatic rings. The number of likely N-dealkylation sites (N-methyl/N-ethyl adjacent to an activating group) is 1. The number of amides is 2. The smallest absolute Gasteiger partial charge is 0.369 e. The van der Waals surface area contributed by atoms with Crippen LogP contribution >= 0.6 is 0 Å². The SMILES string of the molecule is Cc1ccc(N2CCN(C)CC2)c2c1CC[C@H](NC(=O)N1CCN(c3cc(C(F)(F)F)cc(C(F)(F)F)c3)CC1)C2. The maximum atomic E-state index is 13.3. The maximum Gasteiger partial charge on any atom is 0.416 e. The fourth-order valence-corrected chi connectivity index (χ4v) is 6.06. The maximum absolute atomic E-state index is 13.3. The average molecular weight is 584 g/mol.